The number of nitrogens with two attached hydrogens (primary N) is 1. The van der Waals surface area contributed by atoms with Crippen LogP contribution in [0.3, 0.4) is 0 Å². The van der Waals surface area contributed by atoms with Crippen molar-refractivity contribution in [3.63, 3.8) is 0 Å². The van der Waals surface area contributed by atoms with Crippen molar-refractivity contribution in [2.24, 2.45) is 0 Å². The van der Waals surface area contributed by atoms with Crippen LogP contribution in [0.1, 0.15) is 5.56 Å². The number of anilines is 1. The van der Waals surface area contributed by atoms with Crippen molar-refractivity contribution in [2.45, 2.75) is 0 Å². The maximum absolute atomic E-state index is 5.42. The van der Waals surface area contributed by atoms with Crippen LogP contribution < -0.4 is 5.73 Å². The lowest BCUT2D eigenvalue weighted by atomic mass is 10.3. The fourth-order valence-electron chi connectivity index (χ4n) is 0.527. The van der Waals surface area contributed by atoms with E-state index in [0.29, 0.717) is 5.82 Å². The van der Waals surface area contributed by atoms with Crippen LogP contribution in [0.4, 0.5) is 5.82 Å². The Kier molecular flexibility index (Phi) is 1.93. The fourth-order valence-corrected chi connectivity index (χ4v) is 0.876. The number of terminal acetylenes is 1. The first-order valence-electron chi connectivity index (χ1n) is 2.61. The van der Waals surface area contributed by atoms with Gasteiger partial charge in [-0.25, -0.2) is 4.98 Å². The molecule has 0 amide bonds. The molecular weight excluding hydrogens is 192 g/mol. The highest BCUT2D eigenvalue weighted by atomic mass is 79.9. The van der Waals surface area contributed by atoms with E-state index in [1.54, 1.807) is 12.3 Å². The van der Waals surface area contributed by atoms with Crippen molar-refractivity contribution in [2.75, 3.05) is 5.73 Å². The van der Waals surface area contributed by atoms with E-state index < -0.39 is 0 Å². The van der Waals surface area contributed by atoms with E-state index in [1.807, 2.05) is 0 Å². The molecule has 0 saturated carbocycles. The molecule has 0 fully saturated rings. The van der Waals surface area contributed by atoms with Crippen LogP contribution in [0.25, 0.3) is 0 Å². The molecule has 3 heteroatoms. The van der Waals surface area contributed by atoms with Gasteiger partial charge in [0.15, 0.2) is 0 Å². The number of nitrogen functional groups attached to an aromatic ring is 1. The van der Waals surface area contributed by atoms with E-state index >= 15 is 0 Å². The van der Waals surface area contributed by atoms with Gasteiger partial charge in [0.1, 0.15) is 5.82 Å². The maximum Gasteiger partial charge on any atom is 0.137 e. The quantitative estimate of drug-likeness (QED) is 0.638. The molecule has 50 valence electrons. The molecule has 0 saturated heterocycles. The molecule has 0 aliphatic rings. The number of halogens is 1. The Morgan fingerprint density at radius 3 is 2.90 bits per heavy atom. The second kappa shape index (κ2) is 2.72. The van der Waals surface area contributed by atoms with Crippen molar-refractivity contribution in [1.29, 1.82) is 0 Å². The first kappa shape index (κ1) is 7.10. The summed E-state index contributed by atoms with van der Waals surface area (Å²) in [6.07, 6.45) is 6.67. The summed E-state index contributed by atoms with van der Waals surface area (Å²) in [5.74, 6) is 2.90. The van der Waals surface area contributed by atoms with Gasteiger partial charge in [-0.05, 0) is 22.0 Å². The molecule has 0 spiro atoms. The van der Waals surface area contributed by atoms with E-state index in [-0.39, 0.29) is 0 Å². The Morgan fingerprint density at radius 2 is 2.40 bits per heavy atom. The molecule has 1 heterocycles. The molecule has 2 N–H and O–H groups in total. The highest BCUT2D eigenvalue weighted by Gasteiger charge is 1.95. The van der Waals surface area contributed by atoms with Gasteiger partial charge >= 0.3 is 0 Å². The van der Waals surface area contributed by atoms with E-state index in [2.05, 4.69) is 26.8 Å². The lowest BCUT2D eigenvalue weighted by molar-refractivity contribution is 1.30. The third-order valence-electron chi connectivity index (χ3n) is 1.04. The molecule has 0 radical (unpaired) electrons. The highest BCUT2D eigenvalue weighted by molar-refractivity contribution is 9.10. The third kappa shape index (κ3) is 1.28. The standard InChI is InChI=1S/C7H5BrN2/c1-2-5-3-6(8)7(9)10-4-5/h1,3-4H,(H2,9,10). The van der Waals surface area contributed by atoms with E-state index in [1.165, 1.54) is 0 Å². The SMILES string of the molecule is C#Cc1cnc(N)c(Br)c1. The highest BCUT2D eigenvalue weighted by Crippen LogP contribution is 2.16. The van der Waals surface area contributed by atoms with Crippen LogP contribution in [-0.4, -0.2) is 4.98 Å². The molecule has 0 aromatic carbocycles. The summed E-state index contributed by atoms with van der Waals surface area (Å²) in [4.78, 5) is 3.84. The Balaban J connectivity index is 3.20. The zero-order valence-electron chi connectivity index (χ0n) is 5.13. The topological polar surface area (TPSA) is 38.9 Å². The van der Waals surface area contributed by atoms with Crippen LogP contribution in [0.5, 0.6) is 0 Å². The molecular formula is C7H5BrN2. The Morgan fingerprint density at radius 1 is 1.70 bits per heavy atom. The van der Waals surface area contributed by atoms with Crippen molar-refractivity contribution in [3.05, 3.63) is 22.3 Å². The average molecular weight is 197 g/mol. The Bertz CT molecular complexity index is 288. The summed E-state index contributed by atoms with van der Waals surface area (Å²) in [7, 11) is 0. The predicted molar refractivity (Wildman–Crippen MR) is 44.3 cm³/mol. The lowest BCUT2D eigenvalue weighted by Crippen LogP contribution is -1.91. The van der Waals surface area contributed by atoms with Crippen molar-refractivity contribution in [1.82, 2.24) is 4.98 Å². The minimum Gasteiger partial charge on any atom is -0.383 e. The van der Waals surface area contributed by atoms with Gasteiger partial charge < -0.3 is 5.73 Å². The number of hydrogen-bond acceptors (Lipinski definition) is 2. The third-order valence-corrected chi connectivity index (χ3v) is 1.67. The molecule has 2 nitrogen and oxygen atoms in total. The molecule has 0 bridgehead atoms. The minimum absolute atomic E-state index is 0.457. The monoisotopic (exact) mass is 196 g/mol. The number of hydrogen-bond donors (Lipinski definition) is 1. The Hall–Kier alpha value is -1.01. The second-order valence-corrected chi connectivity index (χ2v) is 2.59. The summed E-state index contributed by atoms with van der Waals surface area (Å²) in [5, 5.41) is 0. The normalized spacial score (nSPS) is 8.80. The van der Waals surface area contributed by atoms with Gasteiger partial charge in [-0.2, -0.15) is 0 Å². The first-order chi connectivity index (χ1) is 4.74. The van der Waals surface area contributed by atoms with Gasteiger partial charge in [0, 0.05) is 11.8 Å². The fraction of sp³-hybridized carbons (Fsp3) is 0. The van der Waals surface area contributed by atoms with Crippen LogP contribution in [0, 0.1) is 12.3 Å². The summed E-state index contributed by atoms with van der Waals surface area (Å²) in [6.45, 7) is 0. The molecule has 1 aromatic heterocycles. The lowest BCUT2D eigenvalue weighted by Gasteiger charge is -1.95. The Labute approximate surface area is 67.6 Å². The summed E-state index contributed by atoms with van der Waals surface area (Å²) in [5.41, 5.74) is 6.14. The second-order valence-electron chi connectivity index (χ2n) is 1.74. The van der Waals surface area contributed by atoms with Gasteiger partial charge in [0.2, 0.25) is 0 Å². The molecule has 0 aliphatic heterocycles. The molecule has 0 aliphatic carbocycles. The summed E-state index contributed by atoms with van der Waals surface area (Å²) < 4.78 is 0.739. The number of pyridine rings is 1. The van der Waals surface area contributed by atoms with Crippen molar-refractivity contribution >= 4 is 21.7 Å². The van der Waals surface area contributed by atoms with E-state index in [4.69, 9.17) is 12.2 Å². The van der Waals surface area contributed by atoms with Gasteiger partial charge in [0.25, 0.3) is 0 Å². The van der Waals surface area contributed by atoms with Crippen LogP contribution in [-0.2, 0) is 0 Å². The van der Waals surface area contributed by atoms with E-state index in [9.17, 15) is 0 Å². The zero-order valence-corrected chi connectivity index (χ0v) is 6.72. The zero-order chi connectivity index (χ0) is 7.56. The number of aromatic nitrogens is 1. The number of nitrogens with zero attached hydrogens (tertiary/aromatic N) is 1. The molecule has 10 heavy (non-hydrogen) atoms. The van der Waals surface area contributed by atoms with Crippen molar-refractivity contribution < 1.29 is 0 Å². The van der Waals surface area contributed by atoms with Gasteiger partial charge in [-0.3, -0.25) is 0 Å². The maximum atomic E-state index is 5.42. The van der Waals surface area contributed by atoms with Crippen LogP contribution >= 0.6 is 15.9 Å². The van der Waals surface area contributed by atoms with Crippen LogP contribution in [0.2, 0.25) is 0 Å². The summed E-state index contributed by atoms with van der Waals surface area (Å²) in [6, 6.07) is 1.75. The van der Waals surface area contributed by atoms with Crippen molar-refractivity contribution in [3.8, 4) is 12.3 Å². The summed E-state index contributed by atoms with van der Waals surface area (Å²) >= 11 is 3.20. The molecule has 0 unspecified atom stereocenters. The predicted octanol–water partition coefficient (Wildman–Crippen LogP) is 1.41. The van der Waals surface area contributed by atoms with Crippen LogP contribution in [0.15, 0.2) is 16.7 Å². The smallest absolute Gasteiger partial charge is 0.137 e. The first-order valence-corrected chi connectivity index (χ1v) is 3.41. The van der Waals surface area contributed by atoms with Gasteiger partial charge in [-0.1, -0.05) is 5.92 Å². The van der Waals surface area contributed by atoms with E-state index in [0.717, 1.165) is 10.0 Å². The minimum atomic E-state index is 0.457. The molecule has 0 atom stereocenters. The van der Waals surface area contributed by atoms with Gasteiger partial charge in [0.05, 0.1) is 4.47 Å². The molecule has 1 aromatic rings. The average Bonchev–Trinajstić information content (AvgIpc) is 1.95. The van der Waals surface area contributed by atoms with Gasteiger partial charge in [-0.15, -0.1) is 6.42 Å². The largest absolute Gasteiger partial charge is 0.383 e. The number of rotatable bonds is 0. The molecule has 1 rings (SSSR count).